The number of esters is 1. The number of nitrogens with zero attached hydrogens (tertiary/aromatic N) is 1. The van der Waals surface area contributed by atoms with Crippen molar-refractivity contribution in [3.8, 4) is 0 Å². The second-order valence-electron chi connectivity index (χ2n) is 5.45. The van der Waals surface area contributed by atoms with Gasteiger partial charge in [-0.3, -0.25) is 4.79 Å². The Bertz CT molecular complexity index is 796. The van der Waals surface area contributed by atoms with Gasteiger partial charge in [-0.15, -0.1) is 0 Å². The maximum absolute atomic E-state index is 12.6. The summed E-state index contributed by atoms with van der Waals surface area (Å²) in [6, 6.07) is 10.8. The van der Waals surface area contributed by atoms with Gasteiger partial charge >= 0.3 is 5.97 Å². The molecule has 2 heterocycles. The predicted octanol–water partition coefficient (Wildman–Crippen LogP) is 3.02. The van der Waals surface area contributed by atoms with Crippen LogP contribution in [0.5, 0.6) is 0 Å². The van der Waals surface area contributed by atoms with E-state index in [1.54, 1.807) is 17.0 Å². The van der Waals surface area contributed by atoms with Crippen LogP contribution in [-0.4, -0.2) is 29.9 Å². The number of carbonyl (C=O) groups excluding carboxylic acids is 2. The van der Waals surface area contributed by atoms with E-state index in [9.17, 15) is 9.59 Å². The summed E-state index contributed by atoms with van der Waals surface area (Å²) in [6.45, 7) is 0.384. The topological polar surface area (TPSA) is 59.8 Å². The van der Waals surface area contributed by atoms with Crippen molar-refractivity contribution in [3.05, 3.63) is 63.1 Å². The highest BCUT2D eigenvalue weighted by Crippen LogP contribution is 2.24. The highest BCUT2D eigenvalue weighted by Gasteiger charge is 2.34. The van der Waals surface area contributed by atoms with Crippen LogP contribution in [0.2, 0.25) is 0 Å². The van der Waals surface area contributed by atoms with E-state index in [-0.39, 0.29) is 5.91 Å². The number of rotatable bonds is 3. The van der Waals surface area contributed by atoms with Crippen molar-refractivity contribution in [3.63, 3.8) is 0 Å². The van der Waals surface area contributed by atoms with Crippen molar-refractivity contribution in [1.29, 1.82) is 0 Å². The number of carbonyl (C=O) groups is 2. The molecule has 6 heteroatoms. The first-order chi connectivity index (χ1) is 11.6. The van der Waals surface area contributed by atoms with E-state index >= 15 is 0 Å². The van der Waals surface area contributed by atoms with Crippen molar-refractivity contribution in [2.45, 2.75) is 19.0 Å². The number of hydrogen-bond donors (Lipinski definition) is 0. The van der Waals surface area contributed by atoms with E-state index in [2.05, 4.69) is 22.6 Å². The second kappa shape index (κ2) is 7.21. The van der Waals surface area contributed by atoms with Crippen LogP contribution in [0.3, 0.4) is 0 Å². The first-order valence-corrected chi connectivity index (χ1v) is 8.55. The van der Waals surface area contributed by atoms with Gasteiger partial charge in [-0.25, -0.2) is 4.79 Å². The highest BCUT2D eigenvalue weighted by atomic mass is 127. The zero-order valence-corrected chi connectivity index (χ0v) is 15.2. The fourth-order valence-electron chi connectivity index (χ4n) is 2.77. The number of halogens is 1. The van der Waals surface area contributed by atoms with Gasteiger partial charge in [0.1, 0.15) is 11.8 Å². The van der Waals surface area contributed by atoms with E-state index in [0.29, 0.717) is 18.7 Å². The molecule has 1 aliphatic rings. The highest BCUT2D eigenvalue weighted by molar-refractivity contribution is 14.1. The molecule has 2 aromatic rings. The lowest BCUT2D eigenvalue weighted by Gasteiger charge is -2.34. The van der Waals surface area contributed by atoms with E-state index < -0.39 is 12.0 Å². The molecular formula is C18H16INO4. The summed E-state index contributed by atoms with van der Waals surface area (Å²) in [5.41, 5.74) is 2.12. The second-order valence-corrected chi connectivity index (χ2v) is 6.52. The maximum atomic E-state index is 12.6. The minimum absolute atomic E-state index is 0.244. The molecule has 24 heavy (non-hydrogen) atoms. The monoisotopic (exact) mass is 437 g/mol. The van der Waals surface area contributed by atoms with E-state index in [1.165, 1.54) is 13.2 Å². The Morgan fingerprint density at radius 3 is 2.67 bits per heavy atom. The van der Waals surface area contributed by atoms with Crippen LogP contribution < -0.4 is 0 Å². The first-order valence-electron chi connectivity index (χ1n) is 7.47. The summed E-state index contributed by atoms with van der Waals surface area (Å²) < 4.78 is 11.0. The standard InChI is InChI=1S/C18H16INO4/c1-23-18(22)15-10-12-4-2-3-5-13(12)11-20(15)17(21)9-7-14-6-8-16(19)24-14/h2-9,15H,10-11H2,1H3/b9-7+. The Balaban J connectivity index is 1.84. The van der Waals surface area contributed by atoms with Crippen LogP contribution >= 0.6 is 22.6 Å². The van der Waals surface area contributed by atoms with Crippen LogP contribution in [0.1, 0.15) is 16.9 Å². The van der Waals surface area contributed by atoms with Crippen LogP contribution in [-0.2, 0) is 27.3 Å². The van der Waals surface area contributed by atoms with Gasteiger partial charge in [-0.05, 0) is 51.9 Å². The van der Waals surface area contributed by atoms with Crippen LogP contribution in [0.15, 0.2) is 46.9 Å². The van der Waals surface area contributed by atoms with Gasteiger partial charge < -0.3 is 14.1 Å². The zero-order valence-electron chi connectivity index (χ0n) is 13.1. The fraction of sp³-hybridized carbons (Fsp3) is 0.222. The lowest BCUT2D eigenvalue weighted by molar-refractivity contribution is -0.152. The van der Waals surface area contributed by atoms with E-state index in [0.717, 1.165) is 14.9 Å². The van der Waals surface area contributed by atoms with Crippen molar-refractivity contribution in [2.75, 3.05) is 7.11 Å². The summed E-state index contributed by atoms with van der Waals surface area (Å²) in [6.07, 6.45) is 3.50. The minimum Gasteiger partial charge on any atom is -0.467 e. The van der Waals surface area contributed by atoms with E-state index in [4.69, 9.17) is 9.15 Å². The molecule has 0 N–H and O–H groups in total. The van der Waals surface area contributed by atoms with Gasteiger partial charge in [0.05, 0.1) is 7.11 Å². The number of methoxy groups -OCH3 is 1. The fourth-order valence-corrected chi connectivity index (χ4v) is 3.20. The predicted molar refractivity (Wildman–Crippen MR) is 97.0 cm³/mol. The molecular weight excluding hydrogens is 421 g/mol. The molecule has 1 aromatic heterocycles. The Morgan fingerprint density at radius 2 is 2.00 bits per heavy atom. The lowest BCUT2D eigenvalue weighted by atomic mass is 9.94. The molecule has 1 amide bonds. The summed E-state index contributed by atoms with van der Waals surface area (Å²) in [4.78, 5) is 26.3. The normalized spacial score (nSPS) is 16.9. The third-order valence-electron chi connectivity index (χ3n) is 3.99. The minimum atomic E-state index is -0.612. The molecule has 0 aliphatic carbocycles. The van der Waals surface area contributed by atoms with Gasteiger partial charge in [0.2, 0.25) is 5.91 Å². The SMILES string of the molecule is COC(=O)C1Cc2ccccc2CN1C(=O)/C=C/c1ccc(I)o1. The molecule has 3 rings (SSSR count). The van der Waals surface area contributed by atoms with Crippen LogP contribution in [0.4, 0.5) is 0 Å². The van der Waals surface area contributed by atoms with Crippen molar-refractivity contribution < 1.29 is 18.7 Å². The molecule has 1 aliphatic heterocycles. The molecule has 0 saturated carbocycles. The van der Waals surface area contributed by atoms with Crippen LogP contribution in [0.25, 0.3) is 6.08 Å². The first kappa shape index (κ1) is 16.8. The van der Waals surface area contributed by atoms with E-state index in [1.807, 2.05) is 30.3 Å². The smallest absolute Gasteiger partial charge is 0.328 e. The molecule has 0 bridgehead atoms. The van der Waals surface area contributed by atoms with Crippen molar-refractivity contribution in [2.24, 2.45) is 0 Å². The summed E-state index contributed by atoms with van der Waals surface area (Å²) in [5.74, 6) is -0.0510. The van der Waals surface area contributed by atoms with Crippen molar-refractivity contribution in [1.82, 2.24) is 4.90 Å². The number of hydrogen-bond acceptors (Lipinski definition) is 4. The Kier molecular flexibility index (Phi) is 5.03. The molecule has 0 radical (unpaired) electrons. The molecule has 1 unspecified atom stereocenters. The van der Waals surface area contributed by atoms with Gasteiger partial charge in [-0.2, -0.15) is 0 Å². The maximum Gasteiger partial charge on any atom is 0.328 e. The number of amides is 1. The third-order valence-corrected chi connectivity index (χ3v) is 4.57. The number of ether oxygens (including phenoxy) is 1. The van der Waals surface area contributed by atoms with Gasteiger partial charge in [-0.1, -0.05) is 24.3 Å². The summed E-state index contributed by atoms with van der Waals surface area (Å²) in [5, 5.41) is 0. The average Bonchev–Trinajstić information content (AvgIpc) is 3.03. The molecule has 0 spiro atoms. The Labute approximate surface area is 153 Å². The van der Waals surface area contributed by atoms with Crippen molar-refractivity contribution >= 4 is 40.5 Å². The number of fused-ring (bicyclic) bond motifs is 1. The number of furan rings is 1. The summed E-state index contributed by atoms with van der Waals surface area (Å²) in [7, 11) is 1.34. The molecule has 0 saturated heterocycles. The third kappa shape index (κ3) is 3.53. The zero-order chi connectivity index (χ0) is 17.1. The van der Waals surface area contributed by atoms with Crippen LogP contribution in [0, 0.1) is 3.77 Å². The number of benzene rings is 1. The molecule has 124 valence electrons. The quantitative estimate of drug-likeness (QED) is 0.421. The largest absolute Gasteiger partial charge is 0.467 e. The average molecular weight is 437 g/mol. The van der Waals surface area contributed by atoms with Gasteiger partial charge in [0.25, 0.3) is 0 Å². The Morgan fingerprint density at radius 1 is 1.25 bits per heavy atom. The van der Waals surface area contributed by atoms with Gasteiger partial charge in [0, 0.05) is 19.0 Å². The summed E-state index contributed by atoms with van der Waals surface area (Å²) >= 11 is 2.06. The molecule has 0 fully saturated rings. The van der Waals surface area contributed by atoms with Gasteiger partial charge in [0.15, 0.2) is 3.77 Å². The lowest BCUT2D eigenvalue weighted by Crippen LogP contribution is -2.48. The Hall–Kier alpha value is -2.09. The molecule has 1 aromatic carbocycles. The molecule has 1 atom stereocenters. The molecule has 5 nitrogen and oxygen atoms in total.